The van der Waals surface area contributed by atoms with E-state index in [0.29, 0.717) is 13.2 Å². The van der Waals surface area contributed by atoms with Crippen LogP contribution in [-0.2, 0) is 9.53 Å². The maximum atomic E-state index is 12.0. The van der Waals surface area contributed by atoms with Crippen LogP contribution < -0.4 is 10.6 Å². The number of rotatable bonds is 7. The Kier molecular flexibility index (Phi) is 7.23. The molecule has 1 aliphatic rings. The molecule has 1 rings (SSSR count). The van der Waals surface area contributed by atoms with Crippen molar-refractivity contribution in [2.75, 3.05) is 39.3 Å². The lowest BCUT2D eigenvalue weighted by molar-refractivity contribution is -0.128. The minimum Gasteiger partial charge on any atom is -0.375 e. The summed E-state index contributed by atoms with van der Waals surface area (Å²) in [6.07, 6.45) is 1.10. The molecular weight excluding hydrogens is 230 g/mol. The molecule has 2 atom stereocenters. The number of amides is 1. The molecule has 1 saturated heterocycles. The molecule has 0 saturated carbocycles. The lowest BCUT2D eigenvalue weighted by Crippen LogP contribution is -2.56. The van der Waals surface area contributed by atoms with E-state index in [4.69, 9.17) is 4.74 Å². The van der Waals surface area contributed by atoms with Crippen LogP contribution in [-0.4, -0.2) is 62.3 Å². The highest BCUT2D eigenvalue weighted by Crippen LogP contribution is 2.03. The number of carbonyl (C=O) groups excluding carboxylic acids is 1. The fraction of sp³-hybridized carbons (Fsp3) is 0.923. The van der Waals surface area contributed by atoms with E-state index in [9.17, 15) is 4.79 Å². The fourth-order valence-electron chi connectivity index (χ4n) is 2.22. The Morgan fingerprint density at radius 1 is 1.44 bits per heavy atom. The molecule has 18 heavy (non-hydrogen) atoms. The van der Waals surface area contributed by atoms with Crippen molar-refractivity contribution in [1.29, 1.82) is 0 Å². The first-order chi connectivity index (χ1) is 8.69. The van der Waals surface area contributed by atoms with E-state index in [0.717, 1.165) is 32.6 Å². The number of hydrogen-bond acceptors (Lipinski definition) is 4. The van der Waals surface area contributed by atoms with E-state index in [2.05, 4.69) is 29.4 Å². The van der Waals surface area contributed by atoms with Gasteiger partial charge in [-0.3, -0.25) is 4.79 Å². The monoisotopic (exact) mass is 257 g/mol. The van der Waals surface area contributed by atoms with Gasteiger partial charge in [-0.25, -0.2) is 0 Å². The Bertz CT molecular complexity index is 248. The van der Waals surface area contributed by atoms with Crippen LogP contribution in [0.4, 0.5) is 0 Å². The smallest absolute Gasteiger partial charge is 0.239 e. The van der Waals surface area contributed by atoms with Gasteiger partial charge in [0.15, 0.2) is 0 Å². The number of nitrogens with zero attached hydrogens (tertiary/aromatic N) is 1. The van der Waals surface area contributed by atoms with Gasteiger partial charge in [0.1, 0.15) is 6.04 Å². The first-order valence-electron chi connectivity index (χ1n) is 7.04. The van der Waals surface area contributed by atoms with Crippen LogP contribution >= 0.6 is 0 Å². The van der Waals surface area contributed by atoms with Crippen LogP contribution in [0, 0.1) is 0 Å². The second kappa shape index (κ2) is 8.45. The molecule has 1 fully saturated rings. The Labute approximate surface area is 110 Å². The number of morpholine rings is 1. The molecule has 0 aromatic rings. The molecule has 0 bridgehead atoms. The maximum absolute atomic E-state index is 12.0. The summed E-state index contributed by atoms with van der Waals surface area (Å²) in [7, 11) is 0. The minimum absolute atomic E-state index is 0.0447. The van der Waals surface area contributed by atoms with Gasteiger partial charge < -0.3 is 20.3 Å². The van der Waals surface area contributed by atoms with E-state index >= 15 is 0 Å². The van der Waals surface area contributed by atoms with Gasteiger partial charge >= 0.3 is 0 Å². The Hall–Kier alpha value is -0.650. The molecule has 5 heteroatoms. The zero-order valence-corrected chi connectivity index (χ0v) is 11.9. The first-order valence-corrected chi connectivity index (χ1v) is 7.04. The van der Waals surface area contributed by atoms with Crippen molar-refractivity contribution < 1.29 is 9.53 Å². The zero-order chi connectivity index (χ0) is 13.4. The van der Waals surface area contributed by atoms with Crippen LogP contribution in [0.5, 0.6) is 0 Å². The van der Waals surface area contributed by atoms with Crippen molar-refractivity contribution in [1.82, 2.24) is 15.5 Å². The summed E-state index contributed by atoms with van der Waals surface area (Å²) in [4.78, 5) is 14.3. The summed E-state index contributed by atoms with van der Waals surface area (Å²) in [5.74, 6) is 0.0507. The lowest BCUT2D eigenvalue weighted by atomic mass is 10.1. The van der Waals surface area contributed by atoms with E-state index in [1.54, 1.807) is 0 Å². The van der Waals surface area contributed by atoms with Crippen molar-refractivity contribution in [2.45, 2.75) is 39.3 Å². The first kappa shape index (κ1) is 15.4. The van der Waals surface area contributed by atoms with Gasteiger partial charge in [0, 0.05) is 19.6 Å². The van der Waals surface area contributed by atoms with Gasteiger partial charge in [0.25, 0.3) is 0 Å². The van der Waals surface area contributed by atoms with Crippen LogP contribution in [0.2, 0.25) is 0 Å². The zero-order valence-electron chi connectivity index (χ0n) is 11.9. The van der Waals surface area contributed by atoms with Gasteiger partial charge in [-0.1, -0.05) is 13.8 Å². The van der Waals surface area contributed by atoms with E-state index in [1.165, 1.54) is 0 Å². The molecule has 1 aliphatic heterocycles. The molecule has 106 valence electrons. The standard InChI is InChI=1S/C13H27N3O2/c1-4-8-16(5-2)9-6-15-13(17)12-11(3)18-10-7-14-12/h11-12,14H,4-10H2,1-3H3,(H,15,17)/t11-,12+/m1/s1. The lowest BCUT2D eigenvalue weighted by Gasteiger charge is -2.29. The molecule has 0 radical (unpaired) electrons. The third-order valence-corrected chi connectivity index (χ3v) is 3.31. The third kappa shape index (κ3) is 4.92. The second-order valence-electron chi connectivity index (χ2n) is 4.73. The number of likely N-dealkylation sites (N-methyl/N-ethyl adjacent to an activating group) is 1. The summed E-state index contributed by atoms with van der Waals surface area (Å²) in [5.41, 5.74) is 0. The van der Waals surface area contributed by atoms with Gasteiger partial charge in [0.2, 0.25) is 5.91 Å². The third-order valence-electron chi connectivity index (χ3n) is 3.31. The van der Waals surface area contributed by atoms with Crippen LogP contribution in [0.25, 0.3) is 0 Å². The second-order valence-corrected chi connectivity index (χ2v) is 4.73. The molecule has 0 aromatic heterocycles. The molecule has 0 aromatic carbocycles. The minimum atomic E-state index is -0.208. The Morgan fingerprint density at radius 2 is 2.22 bits per heavy atom. The number of ether oxygens (including phenoxy) is 1. The van der Waals surface area contributed by atoms with Crippen LogP contribution in [0.1, 0.15) is 27.2 Å². The van der Waals surface area contributed by atoms with Gasteiger partial charge in [-0.05, 0) is 26.4 Å². The summed E-state index contributed by atoms with van der Waals surface area (Å²) in [5, 5.41) is 6.18. The normalized spacial score (nSPS) is 24.2. The molecule has 5 nitrogen and oxygen atoms in total. The largest absolute Gasteiger partial charge is 0.375 e. The summed E-state index contributed by atoms with van der Waals surface area (Å²) in [6, 6.07) is -0.208. The molecule has 2 N–H and O–H groups in total. The molecule has 1 amide bonds. The van der Waals surface area contributed by atoms with Gasteiger partial charge in [-0.2, -0.15) is 0 Å². The predicted molar refractivity (Wildman–Crippen MR) is 72.6 cm³/mol. The van der Waals surface area contributed by atoms with Gasteiger partial charge in [0.05, 0.1) is 12.7 Å². The molecule has 0 spiro atoms. The predicted octanol–water partition coefficient (Wildman–Crippen LogP) is 0.211. The Morgan fingerprint density at radius 3 is 2.83 bits per heavy atom. The highest BCUT2D eigenvalue weighted by atomic mass is 16.5. The summed E-state index contributed by atoms with van der Waals surface area (Å²) in [6.45, 7) is 11.4. The average Bonchev–Trinajstić information content (AvgIpc) is 2.38. The van der Waals surface area contributed by atoms with Crippen molar-refractivity contribution >= 4 is 5.91 Å². The van der Waals surface area contributed by atoms with Crippen molar-refractivity contribution in [2.24, 2.45) is 0 Å². The van der Waals surface area contributed by atoms with E-state index in [1.807, 2.05) is 6.92 Å². The summed E-state index contributed by atoms with van der Waals surface area (Å²) >= 11 is 0. The highest BCUT2D eigenvalue weighted by Gasteiger charge is 2.27. The van der Waals surface area contributed by atoms with Crippen LogP contribution in [0.15, 0.2) is 0 Å². The average molecular weight is 257 g/mol. The highest BCUT2D eigenvalue weighted by molar-refractivity contribution is 5.82. The topological polar surface area (TPSA) is 53.6 Å². The number of nitrogens with one attached hydrogen (secondary N) is 2. The van der Waals surface area contributed by atoms with E-state index in [-0.39, 0.29) is 18.1 Å². The van der Waals surface area contributed by atoms with E-state index < -0.39 is 0 Å². The quantitative estimate of drug-likeness (QED) is 0.685. The summed E-state index contributed by atoms with van der Waals surface area (Å²) < 4.78 is 5.46. The molecule has 0 aliphatic carbocycles. The van der Waals surface area contributed by atoms with Crippen molar-refractivity contribution in [3.8, 4) is 0 Å². The number of hydrogen-bond donors (Lipinski definition) is 2. The molecular formula is C13H27N3O2. The maximum Gasteiger partial charge on any atom is 0.239 e. The SMILES string of the molecule is CCCN(CC)CCNC(=O)[C@H]1NCCO[C@@H]1C. The van der Waals surface area contributed by atoms with Crippen molar-refractivity contribution in [3.63, 3.8) is 0 Å². The van der Waals surface area contributed by atoms with Gasteiger partial charge in [-0.15, -0.1) is 0 Å². The molecule has 0 unspecified atom stereocenters. The Balaban J connectivity index is 2.23. The molecule has 1 heterocycles. The number of carbonyl (C=O) groups is 1. The fourth-order valence-corrected chi connectivity index (χ4v) is 2.22. The van der Waals surface area contributed by atoms with Crippen LogP contribution in [0.3, 0.4) is 0 Å². The van der Waals surface area contributed by atoms with Crippen molar-refractivity contribution in [3.05, 3.63) is 0 Å².